The number of nitrogens with one attached hydrogen (secondary N) is 1. The van der Waals surface area contributed by atoms with Gasteiger partial charge in [-0.3, -0.25) is 19.5 Å². The van der Waals surface area contributed by atoms with Crippen molar-refractivity contribution >= 4 is 23.6 Å². The van der Waals surface area contributed by atoms with Crippen molar-refractivity contribution in [3.05, 3.63) is 30.1 Å². The molecule has 2 aliphatic rings. The Balaban J connectivity index is 1.65. The van der Waals surface area contributed by atoms with Gasteiger partial charge in [0.25, 0.3) is 0 Å². The van der Waals surface area contributed by atoms with E-state index in [1.54, 1.807) is 6.20 Å². The maximum atomic E-state index is 12.5. The van der Waals surface area contributed by atoms with Crippen molar-refractivity contribution in [2.45, 2.75) is 19.0 Å². The van der Waals surface area contributed by atoms with Crippen molar-refractivity contribution in [3.8, 4) is 0 Å². The topological polar surface area (TPSA) is 65.5 Å². The van der Waals surface area contributed by atoms with E-state index in [0.717, 1.165) is 36.8 Å². The molecular weight excluding hydrogens is 312 g/mol. The maximum absolute atomic E-state index is 12.5. The Labute approximate surface area is 140 Å². The predicted octanol–water partition coefficient (Wildman–Crippen LogP) is 0.347. The number of hydrogen-bond acceptors (Lipinski definition) is 5. The lowest BCUT2D eigenvalue weighted by molar-refractivity contribution is -0.138. The van der Waals surface area contributed by atoms with Crippen molar-refractivity contribution in [1.82, 2.24) is 20.1 Å². The van der Waals surface area contributed by atoms with Crippen LogP contribution in [0.2, 0.25) is 0 Å². The lowest BCUT2D eigenvalue weighted by Crippen LogP contribution is -2.56. The molecule has 2 fully saturated rings. The van der Waals surface area contributed by atoms with Crippen LogP contribution in [-0.4, -0.2) is 70.3 Å². The molecule has 1 N–H and O–H groups in total. The van der Waals surface area contributed by atoms with E-state index in [0.29, 0.717) is 13.1 Å². The highest BCUT2D eigenvalue weighted by atomic mass is 32.2. The van der Waals surface area contributed by atoms with Gasteiger partial charge in [-0.15, -0.1) is 0 Å². The number of pyridine rings is 1. The number of amides is 2. The van der Waals surface area contributed by atoms with Crippen LogP contribution in [0.5, 0.6) is 0 Å². The Morgan fingerprint density at radius 1 is 1.30 bits per heavy atom. The minimum atomic E-state index is -0.396. The number of carbonyl (C=O) groups excluding carboxylic acids is 2. The number of hydrogen-bond donors (Lipinski definition) is 1. The fourth-order valence-corrected chi connectivity index (χ4v) is 3.88. The molecule has 0 radical (unpaired) electrons. The molecule has 1 aromatic heterocycles. The SMILES string of the molecule is O=C1NCCN(Cc2ccccn2)C1CC(=O)N1CCSCC1. The maximum Gasteiger partial charge on any atom is 0.237 e. The van der Waals surface area contributed by atoms with E-state index in [-0.39, 0.29) is 18.2 Å². The van der Waals surface area contributed by atoms with E-state index in [1.165, 1.54) is 0 Å². The Bertz CT molecular complexity index is 548. The van der Waals surface area contributed by atoms with Crippen LogP contribution in [-0.2, 0) is 16.1 Å². The first-order valence-corrected chi connectivity index (χ1v) is 9.17. The zero-order valence-electron chi connectivity index (χ0n) is 13.1. The van der Waals surface area contributed by atoms with E-state index in [9.17, 15) is 9.59 Å². The first-order valence-electron chi connectivity index (χ1n) is 8.01. The molecule has 7 heteroatoms. The Morgan fingerprint density at radius 2 is 2.13 bits per heavy atom. The Kier molecular flexibility index (Phi) is 5.51. The smallest absolute Gasteiger partial charge is 0.237 e. The fourth-order valence-electron chi connectivity index (χ4n) is 2.98. The van der Waals surface area contributed by atoms with Crippen LogP contribution in [0.15, 0.2) is 24.4 Å². The summed E-state index contributed by atoms with van der Waals surface area (Å²) < 4.78 is 0. The van der Waals surface area contributed by atoms with E-state index in [1.807, 2.05) is 34.9 Å². The summed E-state index contributed by atoms with van der Waals surface area (Å²) in [7, 11) is 0. The van der Waals surface area contributed by atoms with E-state index < -0.39 is 6.04 Å². The van der Waals surface area contributed by atoms with Crippen molar-refractivity contribution in [3.63, 3.8) is 0 Å². The van der Waals surface area contributed by atoms with E-state index in [4.69, 9.17) is 0 Å². The summed E-state index contributed by atoms with van der Waals surface area (Å²) in [6, 6.07) is 5.38. The van der Waals surface area contributed by atoms with E-state index in [2.05, 4.69) is 15.2 Å². The summed E-state index contributed by atoms with van der Waals surface area (Å²) in [4.78, 5) is 33.1. The van der Waals surface area contributed by atoms with Crippen molar-refractivity contribution in [1.29, 1.82) is 0 Å². The van der Waals surface area contributed by atoms with Crippen molar-refractivity contribution < 1.29 is 9.59 Å². The summed E-state index contributed by atoms with van der Waals surface area (Å²) in [6.45, 7) is 3.55. The van der Waals surface area contributed by atoms with Gasteiger partial charge in [0.15, 0.2) is 0 Å². The highest BCUT2D eigenvalue weighted by Crippen LogP contribution is 2.16. The summed E-state index contributed by atoms with van der Waals surface area (Å²) in [5.41, 5.74) is 0.925. The van der Waals surface area contributed by atoms with Crippen molar-refractivity contribution in [2.75, 3.05) is 37.7 Å². The average molecular weight is 334 g/mol. The summed E-state index contributed by atoms with van der Waals surface area (Å²) in [5, 5.41) is 2.88. The van der Waals surface area contributed by atoms with Gasteiger partial charge in [-0.1, -0.05) is 6.07 Å². The molecule has 3 heterocycles. The summed E-state index contributed by atoms with van der Waals surface area (Å²) >= 11 is 1.87. The third-order valence-corrected chi connectivity index (χ3v) is 5.21. The first-order chi connectivity index (χ1) is 11.2. The van der Waals surface area contributed by atoms with E-state index >= 15 is 0 Å². The summed E-state index contributed by atoms with van der Waals surface area (Å²) in [6.07, 6.45) is 2.01. The van der Waals surface area contributed by atoms with Gasteiger partial charge in [0.2, 0.25) is 11.8 Å². The van der Waals surface area contributed by atoms with Gasteiger partial charge in [-0.05, 0) is 12.1 Å². The summed E-state index contributed by atoms with van der Waals surface area (Å²) in [5.74, 6) is 2.01. The van der Waals surface area contributed by atoms with Gasteiger partial charge in [-0.2, -0.15) is 11.8 Å². The van der Waals surface area contributed by atoms with Crippen LogP contribution in [0.3, 0.4) is 0 Å². The molecule has 6 nitrogen and oxygen atoms in total. The Hall–Kier alpha value is -1.60. The van der Waals surface area contributed by atoms with Gasteiger partial charge < -0.3 is 10.2 Å². The number of rotatable bonds is 4. The van der Waals surface area contributed by atoms with Crippen LogP contribution < -0.4 is 5.32 Å². The molecule has 2 aliphatic heterocycles. The fraction of sp³-hybridized carbons (Fsp3) is 0.562. The average Bonchev–Trinajstić information content (AvgIpc) is 2.59. The quantitative estimate of drug-likeness (QED) is 0.861. The lowest BCUT2D eigenvalue weighted by atomic mass is 10.1. The molecule has 124 valence electrons. The highest BCUT2D eigenvalue weighted by molar-refractivity contribution is 7.99. The minimum absolute atomic E-state index is 0.0492. The monoisotopic (exact) mass is 334 g/mol. The van der Waals surface area contributed by atoms with Gasteiger partial charge >= 0.3 is 0 Å². The van der Waals surface area contributed by atoms with Gasteiger partial charge in [0, 0.05) is 50.4 Å². The van der Waals surface area contributed by atoms with Crippen LogP contribution >= 0.6 is 11.8 Å². The number of aromatic nitrogens is 1. The molecule has 0 spiro atoms. The molecule has 0 bridgehead atoms. The number of piperazine rings is 1. The molecule has 3 rings (SSSR count). The van der Waals surface area contributed by atoms with Crippen LogP contribution in [0, 0.1) is 0 Å². The lowest BCUT2D eigenvalue weighted by Gasteiger charge is -2.36. The minimum Gasteiger partial charge on any atom is -0.353 e. The molecule has 0 saturated carbocycles. The standard InChI is InChI=1S/C16H22N4O2S/c21-15(19-7-9-23-10-8-19)11-14-16(22)18-5-6-20(14)12-13-3-1-2-4-17-13/h1-4,14H,5-12H2,(H,18,22). The third-order valence-electron chi connectivity index (χ3n) is 4.26. The zero-order chi connectivity index (χ0) is 16.1. The first kappa shape index (κ1) is 16.3. The molecule has 0 aromatic carbocycles. The van der Waals surface area contributed by atoms with Gasteiger partial charge in [0.1, 0.15) is 0 Å². The molecule has 1 aromatic rings. The van der Waals surface area contributed by atoms with Crippen molar-refractivity contribution in [2.24, 2.45) is 0 Å². The zero-order valence-corrected chi connectivity index (χ0v) is 13.9. The number of nitrogens with zero attached hydrogens (tertiary/aromatic N) is 3. The molecule has 1 unspecified atom stereocenters. The highest BCUT2D eigenvalue weighted by Gasteiger charge is 2.33. The van der Waals surface area contributed by atoms with Crippen LogP contribution in [0.4, 0.5) is 0 Å². The third kappa shape index (κ3) is 4.23. The second-order valence-electron chi connectivity index (χ2n) is 5.80. The predicted molar refractivity (Wildman–Crippen MR) is 90.0 cm³/mol. The van der Waals surface area contributed by atoms with Crippen LogP contribution in [0.25, 0.3) is 0 Å². The molecule has 2 amide bonds. The number of thioether (sulfide) groups is 1. The molecule has 23 heavy (non-hydrogen) atoms. The molecular formula is C16H22N4O2S. The second-order valence-corrected chi connectivity index (χ2v) is 7.02. The molecule has 0 aliphatic carbocycles. The molecule has 1 atom stereocenters. The Morgan fingerprint density at radius 3 is 2.87 bits per heavy atom. The van der Waals surface area contributed by atoms with Crippen LogP contribution in [0.1, 0.15) is 12.1 Å². The normalized spacial score (nSPS) is 22.7. The largest absolute Gasteiger partial charge is 0.353 e. The number of carbonyl (C=O) groups is 2. The second kappa shape index (κ2) is 7.79. The van der Waals surface area contributed by atoms with Gasteiger partial charge in [-0.25, -0.2) is 0 Å². The molecule has 2 saturated heterocycles. The van der Waals surface area contributed by atoms with Gasteiger partial charge in [0.05, 0.1) is 18.2 Å².